The summed E-state index contributed by atoms with van der Waals surface area (Å²) in [6, 6.07) is 13.9. The Morgan fingerprint density at radius 3 is 2.70 bits per heavy atom. The SMILES string of the molecule is O=c1[nH]n(CCCc2ccccc2)cc1-c1ccco1. The summed E-state index contributed by atoms with van der Waals surface area (Å²) >= 11 is 0. The van der Waals surface area contributed by atoms with Gasteiger partial charge in [-0.05, 0) is 30.5 Å². The highest BCUT2D eigenvalue weighted by Gasteiger charge is 2.08. The molecule has 4 heteroatoms. The van der Waals surface area contributed by atoms with E-state index in [1.807, 2.05) is 29.1 Å². The van der Waals surface area contributed by atoms with Crippen molar-refractivity contribution in [2.45, 2.75) is 19.4 Å². The molecule has 20 heavy (non-hydrogen) atoms. The van der Waals surface area contributed by atoms with E-state index in [0.29, 0.717) is 11.3 Å². The van der Waals surface area contributed by atoms with Crippen molar-refractivity contribution in [2.75, 3.05) is 0 Å². The molecule has 4 nitrogen and oxygen atoms in total. The Morgan fingerprint density at radius 2 is 1.95 bits per heavy atom. The van der Waals surface area contributed by atoms with E-state index in [0.717, 1.165) is 19.4 Å². The van der Waals surface area contributed by atoms with E-state index in [1.165, 1.54) is 5.56 Å². The van der Waals surface area contributed by atoms with Crippen molar-refractivity contribution in [1.29, 1.82) is 0 Å². The van der Waals surface area contributed by atoms with Crippen LogP contribution in [0.5, 0.6) is 0 Å². The second-order valence-electron chi connectivity index (χ2n) is 4.74. The van der Waals surface area contributed by atoms with Gasteiger partial charge in [-0.1, -0.05) is 30.3 Å². The Balaban J connectivity index is 1.64. The van der Waals surface area contributed by atoms with Gasteiger partial charge in [0.05, 0.1) is 6.26 Å². The van der Waals surface area contributed by atoms with E-state index < -0.39 is 0 Å². The van der Waals surface area contributed by atoms with Crippen LogP contribution in [0.25, 0.3) is 11.3 Å². The van der Waals surface area contributed by atoms with Gasteiger partial charge in [-0.25, -0.2) is 0 Å². The molecule has 2 aromatic heterocycles. The predicted molar refractivity (Wildman–Crippen MR) is 77.5 cm³/mol. The van der Waals surface area contributed by atoms with Crippen LogP contribution in [-0.2, 0) is 13.0 Å². The number of furan rings is 1. The second kappa shape index (κ2) is 5.65. The van der Waals surface area contributed by atoms with E-state index in [1.54, 1.807) is 18.4 Å². The molecule has 3 rings (SSSR count). The van der Waals surface area contributed by atoms with Gasteiger partial charge in [0.25, 0.3) is 5.56 Å². The maximum atomic E-state index is 11.8. The Hall–Kier alpha value is -2.49. The lowest BCUT2D eigenvalue weighted by atomic mass is 10.1. The number of aryl methyl sites for hydroxylation is 2. The minimum Gasteiger partial charge on any atom is -0.464 e. The summed E-state index contributed by atoms with van der Waals surface area (Å²) < 4.78 is 7.08. The summed E-state index contributed by atoms with van der Waals surface area (Å²) in [6.07, 6.45) is 5.36. The van der Waals surface area contributed by atoms with Gasteiger partial charge in [-0.3, -0.25) is 14.6 Å². The van der Waals surface area contributed by atoms with Crippen LogP contribution in [0.1, 0.15) is 12.0 Å². The van der Waals surface area contributed by atoms with Gasteiger partial charge in [-0.2, -0.15) is 0 Å². The first-order valence-electron chi connectivity index (χ1n) is 6.70. The molecule has 0 atom stereocenters. The van der Waals surface area contributed by atoms with Crippen LogP contribution in [0.4, 0.5) is 0 Å². The number of aromatic nitrogens is 2. The quantitative estimate of drug-likeness (QED) is 0.773. The second-order valence-corrected chi connectivity index (χ2v) is 4.74. The molecule has 2 heterocycles. The van der Waals surface area contributed by atoms with E-state index in [-0.39, 0.29) is 5.56 Å². The zero-order valence-corrected chi connectivity index (χ0v) is 11.1. The normalized spacial score (nSPS) is 10.8. The van der Waals surface area contributed by atoms with E-state index in [4.69, 9.17) is 4.42 Å². The molecule has 102 valence electrons. The molecule has 1 N–H and O–H groups in total. The molecule has 0 fully saturated rings. The number of benzene rings is 1. The number of hydrogen-bond acceptors (Lipinski definition) is 2. The van der Waals surface area contributed by atoms with Crippen molar-refractivity contribution in [2.24, 2.45) is 0 Å². The molecule has 1 aromatic carbocycles. The first-order chi connectivity index (χ1) is 9.83. The van der Waals surface area contributed by atoms with Crippen LogP contribution in [0.2, 0.25) is 0 Å². The molecule has 0 aliphatic heterocycles. The zero-order chi connectivity index (χ0) is 13.8. The fourth-order valence-electron chi connectivity index (χ4n) is 2.26. The summed E-state index contributed by atoms with van der Waals surface area (Å²) in [6.45, 7) is 0.783. The summed E-state index contributed by atoms with van der Waals surface area (Å²) in [4.78, 5) is 11.8. The molecule has 0 saturated carbocycles. The summed E-state index contributed by atoms with van der Waals surface area (Å²) in [7, 11) is 0. The van der Waals surface area contributed by atoms with Crippen LogP contribution in [0.3, 0.4) is 0 Å². The lowest BCUT2D eigenvalue weighted by Gasteiger charge is -2.02. The molecule has 0 aliphatic rings. The third kappa shape index (κ3) is 2.74. The number of H-pyrrole nitrogens is 1. The molecule has 0 unspecified atom stereocenters. The molecular weight excluding hydrogens is 252 g/mol. The minimum atomic E-state index is -0.111. The Bertz CT molecular complexity index is 709. The van der Waals surface area contributed by atoms with Crippen LogP contribution in [0.15, 0.2) is 64.1 Å². The summed E-state index contributed by atoms with van der Waals surface area (Å²) in [5.41, 5.74) is 1.78. The third-order valence-electron chi connectivity index (χ3n) is 3.27. The van der Waals surface area contributed by atoms with E-state index in [2.05, 4.69) is 17.2 Å². The average molecular weight is 268 g/mol. The van der Waals surface area contributed by atoms with Crippen molar-refractivity contribution in [3.8, 4) is 11.3 Å². The van der Waals surface area contributed by atoms with Gasteiger partial charge >= 0.3 is 0 Å². The maximum absolute atomic E-state index is 11.8. The maximum Gasteiger partial charge on any atom is 0.275 e. The molecule has 0 spiro atoms. The Morgan fingerprint density at radius 1 is 1.10 bits per heavy atom. The molecule has 0 bridgehead atoms. The highest BCUT2D eigenvalue weighted by atomic mass is 16.3. The van der Waals surface area contributed by atoms with Crippen molar-refractivity contribution < 1.29 is 4.42 Å². The average Bonchev–Trinajstić information content (AvgIpc) is 3.09. The topological polar surface area (TPSA) is 50.9 Å². The minimum absolute atomic E-state index is 0.111. The smallest absolute Gasteiger partial charge is 0.275 e. The van der Waals surface area contributed by atoms with Gasteiger partial charge < -0.3 is 4.42 Å². The molecule has 0 radical (unpaired) electrons. The predicted octanol–water partition coefficient (Wildman–Crippen LogP) is 3.07. The van der Waals surface area contributed by atoms with E-state index >= 15 is 0 Å². The number of aromatic amines is 1. The molecule has 3 aromatic rings. The van der Waals surface area contributed by atoms with Gasteiger partial charge in [0, 0.05) is 12.7 Å². The van der Waals surface area contributed by atoms with Crippen LogP contribution < -0.4 is 5.56 Å². The van der Waals surface area contributed by atoms with Gasteiger partial charge in [-0.15, -0.1) is 0 Å². The van der Waals surface area contributed by atoms with Crippen molar-refractivity contribution in [1.82, 2.24) is 9.78 Å². The highest BCUT2D eigenvalue weighted by molar-refractivity contribution is 5.54. The van der Waals surface area contributed by atoms with Crippen molar-refractivity contribution in [3.05, 3.63) is 70.8 Å². The van der Waals surface area contributed by atoms with Gasteiger partial charge in [0.15, 0.2) is 0 Å². The van der Waals surface area contributed by atoms with E-state index in [9.17, 15) is 4.79 Å². The third-order valence-corrected chi connectivity index (χ3v) is 3.27. The lowest BCUT2D eigenvalue weighted by molar-refractivity contribution is 0.573. The number of rotatable bonds is 5. The fourth-order valence-corrected chi connectivity index (χ4v) is 2.26. The standard InChI is InChI=1S/C16H16N2O2/c19-16-14(15-9-5-11-20-15)12-18(17-16)10-4-8-13-6-2-1-3-7-13/h1-3,5-7,9,11-12H,4,8,10H2,(H,17,19). The first-order valence-corrected chi connectivity index (χ1v) is 6.70. The largest absolute Gasteiger partial charge is 0.464 e. The molecular formula is C16H16N2O2. The lowest BCUT2D eigenvalue weighted by Crippen LogP contribution is -2.07. The van der Waals surface area contributed by atoms with Gasteiger partial charge in [0.1, 0.15) is 11.3 Å². The Kier molecular flexibility index (Phi) is 3.54. The monoisotopic (exact) mass is 268 g/mol. The highest BCUT2D eigenvalue weighted by Crippen LogP contribution is 2.15. The molecule has 0 aliphatic carbocycles. The van der Waals surface area contributed by atoms with Crippen molar-refractivity contribution >= 4 is 0 Å². The van der Waals surface area contributed by atoms with Crippen molar-refractivity contribution in [3.63, 3.8) is 0 Å². The molecule has 0 saturated heterocycles. The number of hydrogen-bond donors (Lipinski definition) is 1. The van der Waals surface area contributed by atoms with Crippen LogP contribution >= 0.6 is 0 Å². The van der Waals surface area contributed by atoms with Crippen LogP contribution in [-0.4, -0.2) is 9.78 Å². The number of nitrogens with one attached hydrogen (secondary N) is 1. The fraction of sp³-hybridized carbons (Fsp3) is 0.188. The van der Waals surface area contributed by atoms with Gasteiger partial charge in [0.2, 0.25) is 0 Å². The molecule has 0 amide bonds. The summed E-state index contributed by atoms with van der Waals surface area (Å²) in [5, 5.41) is 2.82. The zero-order valence-electron chi connectivity index (χ0n) is 11.1. The Labute approximate surface area is 116 Å². The first kappa shape index (κ1) is 12.5. The summed E-state index contributed by atoms with van der Waals surface area (Å²) in [5.74, 6) is 0.605. The van der Waals surface area contributed by atoms with Crippen LogP contribution in [0, 0.1) is 0 Å². The number of nitrogens with zero attached hydrogens (tertiary/aromatic N) is 1.